The minimum Gasteiger partial charge on any atom is -0.355 e. The van der Waals surface area contributed by atoms with Gasteiger partial charge in [0.05, 0.1) is 5.92 Å². The van der Waals surface area contributed by atoms with Crippen molar-refractivity contribution in [2.45, 2.75) is 12.3 Å². The van der Waals surface area contributed by atoms with Crippen LogP contribution in [0.5, 0.6) is 0 Å². The zero-order chi connectivity index (χ0) is 18.2. The summed E-state index contributed by atoms with van der Waals surface area (Å²) in [7, 11) is 2.17. The molecule has 1 aliphatic heterocycles. The van der Waals surface area contributed by atoms with Crippen molar-refractivity contribution in [1.29, 1.82) is 0 Å². The van der Waals surface area contributed by atoms with E-state index >= 15 is 0 Å². The topological polar surface area (TPSA) is 35.6 Å². The fourth-order valence-corrected chi connectivity index (χ4v) is 3.47. The molecule has 0 atom stereocenters. The summed E-state index contributed by atoms with van der Waals surface area (Å²) in [5.41, 5.74) is 2.07. The summed E-state index contributed by atoms with van der Waals surface area (Å²) in [6.07, 6.45) is 0.992. The van der Waals surface area contributed by atoms with Crippen molar-refractivity contribution in [2.24, 2.45) is 0 Å². The monoisotopic (exact) mass is 351 g/mol. The molecule has 0 unspecified atom stereocenters. The molecule has 26 heavy (non-hydrogen) atoms. The Morgan fingerprint density at radius 2 is 1.46 bits per heavy atom. The molecule has 1 N–H and O–H groups in total. The fraction of sp³-hybridized carbons (Fsp3) is 0.409. The highest BCUT2D eigenvalue weighted by molar-refractivity contribution is 5.87. The Morgan fingerprint density at radius 3 is 2.00 bits per heavy atom. The highest BCUT2D eigenvalue weighted by Gasteiger charge is 2.22. The van der Waals surface area contributed by atoms with Crippen LogP contribution in [0.4, 0.5) is 0 Å². The van der Waals surface area contributed by atoms with E-state index in [-0.39, 0.29) is 11.8 Å². The maximum Gasteiger partial charge on any atom is 0.232 e. The number of likely N-dealkylation sites (N-methyl/N-ethyl adjacent to an activating group) is 1. The van der Waals surface area contributed by atoms with Gasteiger partial charge in [-0.3, -0.25) is 4.79 Å². The molecule has 3 rings (SSSR count). The zero-order valence-electron chi connectivity index (χ0n) is 15.6. The normalized spacial score (nSPS) is 15.9. The van der Waals surface area contributed by atoms with E-state index in [0.717, 1.165) is 56.8 Å². The minimum absolute atomic E-state index is 0.0841. The Balaban J connectivity index is 1.55. The number of nitrogens with one attached hydrogen (secondary N) is 1. The summed E-state index contributed by atoms with van der Waals surface area (Å²) in [6.45, 7) is 6.30. The first-order valence-corrected chi connectivity index (χ1v) is 9.52. The number of hydrogen-bond donors (Lipinski definition) is 1. The van der Waals surface area contributed by atoms with Crippen LogP contribution in [0.2, 0.25) is 0 Å². The molecule has 2 aromatic carbocycles. The van der Waals surface area contributed by atoms with E-state index in [1.54, 1.807) is 0 Å². The summed E-state index contributed by atoms with van der Waals surface area (Å²) in [4.78, 5) is 17.8. The molecule has 0 spiro atoms. The Labute approximate surface area is 156 Å². The number of rotatable bonds is 7. The highest BCUT2D eigenvalue weighted by atomic mass is 16.1. The largest absolute Gasteiger partial charge is 0.355 e. The van der Waals surface area contributed by atoms with E-state index < -0.39 is 0 Å². The molecule has 1 saturated heterocycles. The lowest BCUT2D eigenvalue weighted by molar-refractivity contribution is -0.121. The predicted molar refractivity (Wildman–Crippen MR) is 106 cm³/mol. The van der Waals surface area contributed by atoms with Gasteiger partial charge in [0, 0.05) is 32.7 Å². The third-order valence-electron chi connectivity index (χ3n) is 5.07. The van der Waals surface area contributed by atoms with E-state index in [0.29, 0.717) is 0 Å². The second-order valence-electron chi connectivity index (χ2n) is 7.04. The molecule has 4 heteroatoms. The van der Waals surface area contributed by atoms with Crippen LogP contribution in [-0.4, -0.2) is 62.0 Å². The Bertz CT molecular complexity index is 627. The van der Waals surface area contributed by atoms with Gasteiger partial charge in [0.15, 0.2) is 0 Å². The van der Waals surface area contributed by atoms with Crippen LogP contribution in [-0.2, 0) is 4.79 Å². The Hall–Kier alpha value is -2.17. The Kier molecular flexibility index (Phi) is 6.81. The fourth-order valence-electron chi connectivity index (χ4n) is 3.47. The van der Waals surface area contributed by atoms with Gasteiger partial charge in [-0.1, -0.05) is 60.7 Å². The van der Waals surface area contributed by atoms with Crippen LogP contribution in [0, 0.1) is 0 Å². The first-order valence-electron chi connectivity index (χ1n) is 9.52. The molecule has 0 bridgehead atoms. The van der Waals surface area contributed by atoms with Gasteiger partial charge in [0.1, 0.15) is 0 Å². The number of amides is 1. The van der Waals surface area contributed by atoms with Crippen molar-refractivity contribution >= 4 is 5.91 Å². The standard InChI is InChI=1S/C22H29N3O/c1-24-15-17-25(18-16-24)14-8-13-23-22(26)21(19-9-4-2-5-10-19)20-11-6-3-7-12-20/h2-7,9-12,21H,8,13-18H2,1H3,(H,23,26). The van der Waals surface area contributed by atoms with Gasteiger partial charge < -0.3 is 15.1 Å². The number of hydrogen-bond acceptors (Lipinski definition) is 3. The summed E-state index contributed by atoms with van der Waals surface area (Å²) in [5, 5.41) is 3.15. The van der Waals surface area contributed by atoms with Crippen LogP contribution < -0.4 is 5.32 Å². The SMILES string of the molecule is CN1CCN(CCCNC(=O)C(c2ccccc2)c2ccccc2)CC1. The maximum atomic E-state index is 12.9. The van der Waals surface area contributed by atoms with Crippen molar-refractivity contribution in [3.63, 3.8) is 0 Å². The summed E-state index contributed by atoms with van der Waals surface area (Å²) in [6, 6.07) is 20.1. The number of nitrogens with zero attached hydrogens (tertiary/aromatic N) is 2. The lowest BCUT2D eigenvalue weighted by atomic mass is 9.90. The molecule has 1 aliphatic rings. The van der Waals surface area contributed by atoms with Gasteiger partial charge >= 0.3 is 0 Å². The van der Waals surface area contributed by atoms with E-state index in [1.165, 1.54) is 0 Å². The van der Waals surface area contributed by atoms with E-state index in [1.807, 2.05) is 60.7 Å². The first-order chi connectivity index (χ1) is 12.7. The molecule has 4 nitrogen and oxygen atoms in total. The molecule has 0 saturated carbocycles. The van der Waals surface area contributed by atoms with Crippen LogP contribution in [0.25, 0.3) is 0 Å². The van der Waals surface area contributed by atoms with Crippen molar-refractivity contribution in [3.05, 3.63) is 71.8 Å². The molecule has 0 aliphatic carbocycles. The van der Waals surface area contributed by atoms with Crippen molar-refractivity contribution < 1.29 is 4.79 Å². The van der Waals surface area contributed by atoms with Crippen LogP contribution in [0.15, 0.2) is 60.7 Å². The van der Waals surface area contributed by atoms with E-state index in [2.05, 4.69) is 22.2 Å². The second kappa shape index (κ2) is 9.51. The van der Waals surface area contributed by atoms with Crippen molar-refractivity contribution in [3.8, 4) is 0 Å². The van der Waals surface area contributed by atoms with E-state index in [9.17, 15) is 4.79 Å². The lowest BCUT2D eigenvalue weighted by Crippen LogP contribution is -2.45. The van der Waals surface area contributed by atoms with Gasteiger partial charge in [0.25, 0.3) is 0 Å². The van der Waals surface area contributed by atoms with Gasteiger partial charge in [-0.2, -0.15) is 0 Å². The van der Waals surface area contributed by atoms with E-state index in [4.69, 9.17) is 0 Å². The Morgan fingerprint density at radius 1 is 0.923 bits per heavy atom. The summed E-state index contributed by atoms with van der Waals surface area (Å²) >= 11 is 0. The van der Waals surface area contributed by atoms with Gasteiger partial charge in [0.2, 0.25) is 5.91 Å². The first kappa shape index (κ1) is 18.6. The van der Waals surface area contributed by atoms with Crippen molar-refractivity contribution in [1.82, 2.24) is 15.1 Å². The number of benzene rings is 2. The molecular formula is C22H29N3O. The lowest BCUT2D eigenvalue weighted by Gasteiger charge is -2.32. The molecule has 1 heterocycles. The molecule has 0 aromatic heterocycles. The smallest absolute Gasteiger partial charge is 0.232 e. The molecule has 2 aromatic rings. The molecule has 0 radical (unpaired) electrons. The molecule has 1 amide bonds. The minimum atomic E-state index is -0.249. The average molecular weight is 351 g/mol. The highest BCUT2D eigenvalue weighted by Crippen LogP contribution is 2.24. The molecule has 1 fully saturated rings. The van der Waals surface area contributed by atoms with Gasteiger partial charge in [-0.05, 0) is 31.1 Å². The predicted octanol–water partition coefficient (Wildman–Crippen LogP) is 2.57. The maximum absolute atomic E-state index is 12.9. The van der Waals surface area contributed by atoms with Gasteiger partial charge in [-0.15, -0.1) is 0 Å². The number of piperazine rings is 1. The molecular weight excluding hydrogens is 322 g/mol. The quantitative estimate of drug-likeness (QED) is 0.779. The summed E-state index contributed by atoms with van der Waals surface area (Å²) < 4.78 is 0. The van der Waals surface area contributed by atoms with Crippen LogP contribution in [0.1, 0.15) is 23.5 Å². The van der Waals surface area contributed by atoms with Crippen LogP contribution in [0.3, 0.4) is 0 Å². The third kappa shape index (κ3) is 5.16. The average Bonchev–Trinajstić information content (AvgIpc) is 2.68. The van der Waals surface area contributed by atoms with Gasteiger partial charge in [-0.25, -0.2) is 0 Å². The zero-order valence-corrected chi connectivity index (χ0v) is 15.6. The van der Waals surface area contributed by atoms with Crippen LogP contribution >= 0.6 is 0 Å². The van der Waals surface area contributed by atoms with Crippen molar-refractivity contribution in [2.75, 3.05) is 46.3 Å². The number of carbonyl (C=O) groups excluding carboxylic acids is 1. The number of carbonyl (C=O) groups is 1. The molecule has 138 valence electrons. The second-order valence-corrected chi connectivity index (χ2v) is 7.04. The summed E-state index contributed by atoms with van der Waals surface area (Å²) in [5.74, 6) is -0.165. The third-order valence-corrected chi connectivity index (χ3v) is 5.07.